The monoisotopic (exact) mass is 327 g/mol. The van der Waals surface area contributed by atoms with Gasteiger partial charge in [0.1, 0.15) is 0 Å². The van der Waals surface area contributed by atoms with Crippen LogP contribution >= 0.6 is 15.9 Å². The Bertz CT molecular complexity index is 427. The van der Waals surface area contributed by atoms with Gasteiger partial charge in [0.05, 0.1) is 18.0 Å². The van der Waals surface area contributed by atoms with Crippen LogP contribution in [-0.2, 0) is 14.3 Å². The van der Waals surface area contributed by atoms with Crippen molar-refractivity contribution < 1.29 is 14.3 Å². The number of hydrogen-bond donors (Lipinski definition) is 1. The third-order valence-electron chi connectivity index (χ3n) is 2.91. The third-order valence-corrected chi connectivity index (χ3v) is 4.38. The van der Waals surface area contributed by atoms with E-state index in [1.165, 1.54) is 0 Å². The molecule has 1 aromatic carbocycles. The fraction of sp³-hybridized carbons (Fsp3) is 0.500. The Morgan fingerprint density at radius 3 is 2.37 bits per heavy atom. The van der Waals surface area contributed by atoms with Crippen LogP contribution in [0.1, 0.15) is 25.7 Å². The minimum absolute atomic E-state index is 0.0314. The lowest BCUT2D eigenvalue weighted by atomic mass is 10.1. The van der Waals surface area contributed by atoms with Crippen molar-refractivity contribution in [1.29, 1.82) is 0 Å². The largest absolute Gasteiger partial charge is 0.346 e. The molecule has 1 saturated heterocycles. The van der Waals surface area contributed by atoms with E-state index in [9.17, 15) is 4.79 Å². The highest BCUT2D eigenvalue weighted by Gasteiger charge is 2.20. The van der Waals surface area contributed by atoms with E-state index in [0.717, 1.165) is 11.3 Å². The first kappa shape index (κ1) is 14.5. The summed E-state index contributed by atoms with van der Waals surface area (Å²) >= 11 is 3.38. The number of carbonyl (C=O) groups excluding carboxylic acids is 1. The fourth-order valence-electron chi connectivity index (χ4n) is 1.79. The number of anilines is 1. The van der Waals surface area contributed by atoms with E-state index in [-0.39, 0.29) is 22.9 Å². The van der Waals surface area contributed by atoms with Gasteiger partial charge in [-0.25, -0.2) is 0 Å². The van der Waals surface area contributed by atoms with Gasteiger partial charge in [-0.1, -0.05) is 41.9 Å². The first-order valence-corrected chi connectivity index (χ1v) is 7.27. The first-order chi connectivity index (χ1) is 9.08. The molecule has 5 heteroatoms. The summed E-state index contributed by atoms with van der Waals surface area (Å²) in [6.45, 7) is 5.25. The van der Waals surface area contributed by atoms with Gasteiger partial charge < -0.3 is 14.8 Å². The average Bonchev–Trinajstić information content (AvgIpc) is 2.92. The zero-order chi connectivity index (χ0) is 13.8. The average molecular weight is 328 g/mol. The number of amides is 1. The normalized spacial score (nSPS) is 17.7. The van der Waals surface area contributed by atoms with Crippen LogP contribution in [0.2, 0.25) is 0 Å². The Morgan fingerprint density at radius 2 is 1.84 bits per heavy atom. The van der Waals surface area contributed by atoms with Crippen LogP contribution in [-0.4, -0.2) is 23.9 Å². The zero-order valence-corrected chi connectivity index (χ0v) is 12.6. The lowest BCUT2D eigenvalue weighted by molar-refractivity contribution is -0.116. The van der Waals surface area contributed by atoms with Crippen LogP contribution in [0.5, 0.6) is 0 Å². The Hall–Kier alpha value is -0.910. The lowest BCUT2D eigenvalue weighted by Crippen LogP contribution is -2.26. The summed E-state index contributed by atoms with van der Waals surface area (Å²) in [6.07, 6.45) is -0.274. The van der Waals surface area contributed by atoms with E-state index in [1.807, 2.05) is 38.1 Å². The molecule has 104 valence electrons. The van der Waals surface area contributed by atoms with E-state index in [2.05, 4.69) is 21.2 Å². The SMILES string of the molecule is CC(C)C(Br)C(=O)Nc1ccc(C2OCCO2)cc1. The summed E-state index contributed by atoms with van der Waals surface area (Å²) < 4.78 is 10.8. The molecule has 19 heavy (non-hydrogen) atoms. The molecule has 1 amide bonds. The molecule has 1 fully saturated rings. The maximum atomic E-state index is 11.9. The number of hydrogen-bond acceptors (Lipinski definition) is 3. The molecule has 0 radical (unpaired) electrons. The molecule has 1 unspecified atom stereocenters. The number of nitrogens with one attached hydrogen (secondary N) is 1. The zero-order valence-electron chi connectivity index (χ0n) is 11.1. The molecule has 0 saturated carbocycles. The van der Waals surface area contributed by atoms with Crippen molar-refractivity contribution >= 4 is 27.5 Å². The molecule has 1 atom stereocenters. The van der Waals surface area contributed by atoms with Crippen molar-refractivity contribution in [2.24, 2.45) is 5.92 Å². The first-order valence-electron chi connectivity index (χ1n) is 6.36. The molecule has 0 spiro atoms. The second kappa shape index (κ2) is 6.50. The molecule has 1 aromatic rings. The van der Waals surface area contributed by atoms with Crippen LogP contribution in [0.25, 0.3) is 0 Å². The molecule has 0 bridgehead atoms. The molecule has 1 heterocycles. The number of benzene rings is 1. The Morgan fingerprint density at radius 1 is 1.26 bits per heavy atom. The van der Waals surface area contributed by atoms with Gasteiger partial charge in [0, 0.05) is 11.3 Å². The van der Waals surface area contributed by atoms with Crippen molar-refractivity contribution in [3.05, 3.63) is 29.8 Å². The fourth-order valence-corrected chi connectivity index (χ4v) is 1.90. The highest BCUT2D eigenvalue weighted by Crippen LogP contribution is 2.24. The summed E-state index contributed by atoms with van der Waals surface area (Å²) in [6, 6.07) is 7.53. The van der Waals surface area contributed by atoms with Crippen LogP contribution in [0.15, 0.2) is 24.3 Å². The van der Waals surface area contributed by atoms with Crippen molar-refractivity contribution in [3.8, 4) is 0 Å². The number of halogens is 1. The summed E-state index contributed by atoms with van der Waals surface area (Å²) in [5.74, 6) is 0.218. The van der Waals surface area contributed by atoms with E-state index >= 15 is 0 Å². The second-order valence-electron chi connectivity index (χ2n) is 4.83. The molecular formula is C14H18BrNO3. The van der Waals surface area contributed by atoms with Crippen LogP contribution < -0.4 is 5.32 Å². The lowest BCUT2D eigenvalue weighted by Gasteiger charge is -2.14. The highest BCUT2D eigenvalue weighted by atomic mass is 79.9. The van der Waals surface area contributed by atoms with E-state index in [1.54, 1.807) is 0 Å². The van der Waals surface area contributed by atoms with Crippen molar-refractivity contribution in [3.63, 3.8) is 0 Å². The van der Waals surface area contributed by atoms with Crippen LogP contribution in [0.3, 0.4) is 0 Å². The topological polar surface area (TPSA) is 47.6 Å². The minimum atomic E-state index is -0.274. The molecule has 2 rings (SSSR count). The van der Waals surface area contributed by atoms with Gasteiger partial charge in [-0.2, -0.15) is 0 Å². The van der Waals surface area contributed by atoms with Crippen molar-refractivity contribution in [2.45, 2.75) is 25.0 Å². The van der Waals surface area contributed by atoms with Gasteiger partial charge in [0.2, 0.25) is 5.91 Å². The molecule has 0 aromatic heterocycles. The van der Waals surface area contributed by atoms with E-state index < -0.39 is 0 Å². The predicted molar refractivity (Wildman–Crippen MR) is 77.3 cm³/mol. The van der Waals surface area contributed by atoms with Gasteiger partial charge >= 0.3 is 0 Å². The van der Waals surface area contributed by atoms with Crippen LogP contribution in [0, 0.1) is 5.92 Å². The summed E-state index contributed by atoms with van der Waals surface area (Å²) in [5.41, 5.74) is 1.74. The van der Waals surface area contributed by atoms with Gasteiger partial charge in [-0.05, 0) is 18.1 Å². The van der Waals surface area contributed by atoms with Gasteiger partial charge in [0.15, 0.2) is 6.29 Å². The molecule has 4 nitrogen and oxygen atoms in total. The maximum absolute atomic E-state index is 11.9. The Kier molecular flexibility index (Phi) is 4.96. The third kappa shape index (κ3) is 3.78. The summed E-state index contributed by atoms with van der Waals surface area (Å²) in [5, 5.41) is 2.87. The predicted octanol–water partition coefficient (Wildman–Crippen LogP) is 3.09. The minimum Gasteiger partial charge on any atom is -0.346 e. The molecular weight excluding hydrogens is 310 g/mol. The molecule has 1 N–H and O–H groups in total. The number of rotatable bonds is 4. The van der Waals surface area contributed by atoms with Gasteiger partial charge in [0.25, 0.3) is 0 Å². The van der Waals surface area contributed by atoms with Gasteiger partial charge in [-0.3, -0.25) is 4.79 Å². The van der Waals surface area contributed by atoms with Crippen LogP contribution in [0.4, 0.5) is 5.69 Å². The maximum Gasteiger partial charge on any atom is 0.238 e. The number of ether oxygens (including phenoxy) is 2. The quantitative estimate of drug-likeness (QED) is 0.864. The molecule has 1 aliphatic heterocycles. The van der Waals surface area contributed by atoms with E-state index in [0.29, 0.717) is 13.2 Å². The van der Waals surface area contributed by atoms with Crippen molar-refractivity contribution in [2.75, 3.05) is 18.5 Å². The summed E-state index contributed by atoms with van der Waals surface area (Å²) in [7, 11) is 0. The summed E-state index contributed by atoms with van der Waals surface area (Å²) in [4.78, 5) is 11.7. The number of carbonyl (C=O) groups is 1. The standard InChI is InChI=1S/C14H18BrNO3/c1-9(2)12(15)13(17)16-11-5-3-10(4-6-11)14-18-7-8-19-14/h3-6,9,12,14H,7-8H2,1-2H3,(H,16,17). The molecule has 1 aliphatic rings. The Labute approximate surface area is 121 Å². The highest BCUT2D eigenvalue weighted by molar-refractivity contribution is 9.10. The second-order valence-corrected chi connectivity index (χ2v) is 5.82. The van der Waals surface area contributed by atoms with Crippen molar-refractivity contribution in [1.82, 2.24) is 0 Å². The number of alkyl halides is 1. The molecule has 0 aliphatic carbocycles. The smallest absolute Gasteiger partial charge is 0.238 e. The Balaban J connectivity index is 1.96. The van der Waals surface area contributed by atoms with Gasteiger partial charge in [-0.15, -0.1) is 0 Å². The van der Waals surface area contributed by atoms with E-state index in [4.69, 9.17) is 9.47 Å².